The SMILES string of the molecule is O=C(Cc1cccs1)N1CCC[C@@H](c2nc(-c3ccc(Cl)cc3)no2)C1. The second kappa shape index (κ2) is 7.60. The first-order valence-corrected chi connectivity index (χ1v) is 9.84. The number of halogens is 1. The minimum atomic E-state index is 0.0876. The number of nitrogens with zero attached hydrogens (tertiary/aromatic N) is 3. The maximum atomic E-state index is 12.6. The molecule has 1 aliphatic heterocycles. The van der Waals surface area contributed by atoms with Gasteiger partial charge in [0.25, 0.3) is 0 Å². The van der Waals surface area contributed by atoms with E-state index in [1.54, 1.807) is 23.5 Å². The highest BCUT2D eigenvalue weighted by Gasteiger charge is 2.28. The molecule has 0 N–H and O–H groups in total. The quantitative estimate of drug-likeness (QED) is 0.665. The van der Waals surface area contributed by atoms with Gasteiger partial charge in [0.05, 0.1) is 12.3 Å². The zero-order valence-electron chi connectivity index (χ0n) is 14.1. The van der Waals surface area contributed by atoms with Gasteiger partial charge in [-0.3, -0.25) is 4.79 Å². The zero-order valence-corrected chi connectivity index (χ0v) is 15.7. The fourth-order valence-electron chi connectivity index (χ4n) is 3.20. The van der Waals surface area contributed by atoms with Crippen LogP contribution in [0.1, 0.15) is 29.5 Å². The number of hydrogen-bond acceptors (Lipinski definition) is 5. The number of likely N-dealkylation sites (tertiary alicyclic amines) is 1. The van der Waals surface area contributed by atoms with E-state index in [9.17, 15) is 4.79 Å². The third-order valence-corrected chi connectivity index (χ3v) is 5.70. The molecule has 0 spiro atoms. The first kappa shape index (κ1) is 17.2. The van der Waals surface area contributed by atoms with Crippen LogP contribution in [-0.2, 0) is 11.2 Å². The van der Waals surface area contributed by atoms with Crippen molar-refractivity contribution in [2.45, 2.75) is 25.2 Å². The average molecular weight is 388 g/mol. The van der Waals surface area contributed by atoms with Crippen molar-refractivity contribution in [2.24, 2.45) is 0 Å². The van der Waals surface area contributed by atoms with Crippen molar-refractivity contribution >= 4 is 28.8 Å². The van der Waals surface area contributed by atoms with Gasteiger partial charge in [-0.25, -0.2) is 0 Å². The number of carbonyl (C=O) groups is 1. The van der Waals surface area contributed by atoms with Gasteiger partial charge in [-0.15, -0.1) is 11.3 Å². The van der Waals surface area contributed by atoms with Crippen LogP contribution in [0.2, 0.25) is 5.02 Å². The van der Waals surface area contributed by atoms with Gasteiger partial charge in [0, 0.05) is 28.6 Å². The van der Waals surface area contributed by atoms with E-state index in [1.165, 1.54) is 0 Å². The molecule has 0 radical (unpaired) electrons. The van der Waals surface area contributed by atoms with Crippen LogP contribution in [-0.4, -0.2) is 34.0 Å². The number of benzene rings is 1. The Balaban J connectivity index is 1.44. The Morgan fingerprint density at radius 3 is 2.92 bits per heavy atom. The van der Waals surface area contributed by atoms with E-state index in [4.69, 9.17) is 16.1 Å². The van der Waals surface area contributed by atoms with Gasteiger partial charge in [-0.2, -0.15) is 4.98 Å². The Labute approximate surface area is 160 Å². The smallest absolute Gasteiger partial charge is 0.231 e. The van der Waals surface area contributed by atoms with Crippen LogP contribution in [0.4, 0.5) is 0 Å². The molecule has 1 aliphatic rings. The van der Waals surface area contributed by atoms with Gasteiger partial charge in [0.15, 0.2) is 0 Å². The Hall–Kier alpha value is -2.18. The van der Waals surface area contributed by atoms with Crippen LogP contribution < -0.4 is 0 Å². The summed E-state index contributed by atoms with van der Waals surface area (Å²) in [6.07, 6.45) is 2.36. The number of amides is 1. The van der Waals surface area contributed by atoms with E-state index in [-0.39, 0.29) is 11.8 Å². The summed E-state index contributed by atoms with van der Waals surface area (Å²) in [7, 11) is 0. The first-order chi connectivity index (χ1) is 12.7. The molecule has 0 unspecified atom stereocenters. The minimum absolute atomic E-state index is 0.0876. The summed E-state index contributed by atoms with van der Waals surface area (Å²) in [5, 5.41) is 6.76. The van der Waals surface area contributed by atoms with Gasteiger partial charge in [-0.1, -0.05) is 22.8 Å². The van der Waals surface area contributed by atoms with Crippen molar-refractivity contribution in [3.05, 3.63) is 57.6 Å². The molecule has 0 bridgehead atoms. The summed E-state index contributed by atoms with van der Waals surface area (Å²) < 4.78 is 5.49. The lowest BCUT2D eigenvalue weighted by Gasteiger charge is -2.31. The van der Waals surface area contributed by atoms with Crippen molar-refractivity contribution in [2.75, 3.05) is 13.1 Å². The lowest BCUT2D eigenvalue weighted by molar-refractivity contribution is -0.131. The fourth-order valence-corrected chi connectivity index (χ4v) is 4.02. The summed E-state index contributed by atoms with van der Waals surface area (Å²) in [6, 6.07) is 11.3. The van der Waals surface area contributed by atoms with Gasteiger partial charge < -0.3 is 9.42 Å². The molecule has 4 rings (SSSR count). The van der Waals surface area contributed by atoms with Crippen molar-refractivity contribution in [1.82, 2.24) is 15.0 Å². The summed E-state index contributed by atoms with van der Waals surface area (Å²) in [5.74, 6) is 1.40. The molecule has 1 fully saturated rings. The van der Waals surface area contributed by atoms with Crippen molar-refractivity contribution < 1.29 is 9.32 Å². The predicted molar refractivity (Wildman–Crippen MR) is 101 cm³/mol. The van der Waals surface area contributed by atoms with Gasteiger partial charge >= 0.3 is 0 Å². The third-order valence-electron chi connectivity index (χ3n) is 4.57. The van der Waals surface area contributed by atoms with E-state index in [2.05, 4.69) is 10.1 Å². The first-order valence-electron chi connectivity index (χ1n) is 8.59. The summed E-state index contributed by atoms with van der Waals surface area (Å²) in [5.41, 5.74) is 0.867. The van der Waals surface area contributed by atoms with Crippen molar-refractivity contribution in [1.29, 1.82) is 0 Å². The molecule has 7 heteroatoms. The molecule has 26 heavy (non-hydrogen) atoms. The fraction of sp³-hybridized carbons (Fsp3) is 0.316. The molecule has 1 amide bonds. The molecule has 1 saturated heterocycles. The van der Waals surface area contributed by atoms with E-state index in [0.717, 1.165) is 29.8 Å². The molecule has 0 saturated carbocycles. The van der Waals surface area contributed by atoms with Crippen LogP contribution in [0.5, 0.6) is 0 Å². The number of thiophene rings is 1. The van der Waals surface area contributed by atoms with E-state index < -0.39 is 0 Å². The number of piperidine rings is 1. The van der Waals surface area contributed by atoms with Crippen LogP contribution in [0.15, 0.2) is 46.3 Å². The standard InChI is InChI=1S/C19H18ClN3O2S/c20-15-7-5-13(6-8-15)18-21-19(25-22-18)14-3-1-9-23(12-14)17(24)11-16-4-2-10-26-16/h2,4-8,10,14H,1,3,9,11-12H2/t14-/m1/s1. The van der Waals surface area contributed by atoms with Gasteiger partial charge in [0.2, 0.25) is 17.6 Å². The van der Waals surface area contributed by atoms with Crippen LogP contribution >= 0.6 is 22.9 Å². The monoisotopic (exact) mass is 387 g/mol. The molecule has 5 nitrogen and oxygen atoms in total. The molecular weight excluding hydrogens is 370 g/mol. The van der Waals surface area contributed by atoms with E-state index in [0.29, 0.717) is 29.7 Å². The largest absolute Gasteiger partial charge is 0.342 e. The molecular formula is C19H18ClN3O2S. The van der Waals surface area contributed by atoms with E-state index >= 15 is 0 Å². The Kier molecular flexibility index (Phi) is 5.04. The Bertz CT molecular complexity index is 877. The topological polar surface area (TPSA) is 59.2 Å². The maximum absolute atomic E-state index is 12.6. The summed E-state index contributed by atoms with van der Waals surface area (Å²) in [4.78, 5) is 20.1. The molecule has 1 atom stereocenters. The molecule has 2 aromatic heterocycles. The molecule has 3 aromatic rings. The number of carbonyl (C=O) groups excluding carboxylic acids is 1. The highest BCUT2D eigenvalue weighted by molar-refractivity contribution is 7.10. The second-order valence-corrected chi connectivity index (χ2v) is 7.87. The van der Waals surface area contributed by atoms with Crippen LogP contribution in [0.3, 0.4) is 0 Å². The summed E-state index contributed by atoms with van der Waals surface area (Å²) in [6.45, 7) is 1.42. The second-order valence-electron chi connectivity index (χ2n) is 6.40. The van der Waals surface area contributed by atoms with Crippen LogP contribution in [0.25, 0.3) is 11.4 Å². The highest BCUT2D eigenvalue weighted by Crippen LogP contribution is 2.28. The third kappa shape index (κ3) is 3.81. The maximum Gasteiger partial charge on any atom is 0.231 e. The minimum Gasteiger partial charge on any atom is -0.342 e. The van der Waals surface area contributed by atoms with Gasteiger partial charge in [0.1, 0.15) is 0 Å². The molecule has 134 valence electrons. The molecule has 3 heterocycles. The van der Waals surface area contributed by atoms with Crippen molar-refractivity contribution in [3.8, 4) is 11.4 Å². The van der Waals surface area contributed by atoms with E-state index in [1.807, 2.05) is 34.5 Å². The normalized spacial score (nSPS) is 17.4. The zero-order chi connectivity index (χ0) is 17.9. The molecule has 0 aliphatic carbocycles. The Morgan fingerprint density at radius 2 is 2.15 bits per heavy atom. The lowest BCUT2D eigenvalue weighted by Crippen LogP contribution is -2.39. The van der Waals surface area contributed by atoms with Gasteiger partial charge in [-0.05, 0) is 48.6 Å². The van der Waals surface area contributed by atoms with Crippen molar-refractivity contribution in [3.63, 3.8) is 0 Å². The lowest BCUT2D eigenvalue weighted by atomic mass is 9.97. The highest BCUT2D eigenvalue weighted by atomic mass is 35.5. The number of rotatable bonds is 4. The predicted octanol–water partition coefficient (Wildman–Crippen LogP) is 4.40. The number of hydrogen-bond donors (Lipinski definition) is 0. The average Bonchev–Trinajstić information content (AvgIpc) is 3.34. The number of aromatic nitrogens is 2. The molecule has 1 aromatic carbocycles. The van der Waals surface area contributed by atoms with Crippen LogP contribution in [0, 0.1) is 0 Å². The Morgan fingerprint density at radius 1 is 1.31 bits per heavy atom. The summed E-state index contributed by atoms with van der Waals surface area (Å²) >= 11 is 7.54.